The van der Waals surface area contributed by atoms with Gasteiger partial charge in [0.2, 0.25) is 0 Å². The lowest BCUT2D eigenvalue weighted by molar-refractivity contribution is -0.116. The van der Waals surface area contributed by atoms with E-state index in [0.717, 1.165) is 37.7 Å². The predicted molar refractivity (Wildman–Crippen MR) is 125 cm³/mol. The molecule has 0 aromatic heterocycles. The van der Waals surface area contributed by atoms with Crippen LogP contribution in [0.5, 0.6) is 0 Å². The monoisotopic (exact) mass is 415 g/mol. The van der Waals surface area contributed by atoms with Crippen molar-refractivity contribution < 1.29 is 9.59 Å². The van der Waals surface area contributed by atoms with Gasteiger partial charge in [-0.15, -0.1) is 0 Å². The fourth-order valence-corrected chi connectivity index (χ4v) is 7.08. The Kier molecular flexibility index (Phi) is 4.84. The third-order valence-electron chi connectivity index (χ3n) is 8.51. The molecule has 0 heterocycles. The zero-order valence-corrected chi connectivity index (χ0v) is 19.2. The lowest BCUT2D eigenvalue weighted by atomic mass is 9.52. The molecule has 3 heteroatoms. The maximum Gasteiger partial charge on any atom is 0.156 e. The summed E-state index contributed by atoms with van der Waals surface area (Å²) >= 11 is 0. The SMILES string of the molecule is CC(=O)C1=CC[C@H]2[C@@H]3CCC4=CC(=O)CCC4=C3[C@@H](c3ccc(N(C)C)cc3)C[C@]12C. The van der Waals surface area contributed by atoms with Crippen molar-refractivity contribution in [3.05, 3.63) is 64.3 Å². The highest BCUT2D eigenvalue weighted by Crippen LogP contribution is 2.64. The normalized spacial score (nSPS) is 32.0. The van der Waals surface area contributed by atoms with Crippen LogP contribution in [0, 0.1) is 17.3 Å². The summed E-state index contributed by atoms with van der Waals surface area (Å²) in [6.07, 6.45) is 9.79. The van der Waals surface area contributed by atoms with Crippen molar-refractivity contribution in [2.45, 2.75) is 58.3 Å². The summed E-state index contributed by atoms with van der Waals surface area (Å²) < 4.78 is 0. The van der Waals surface area contributed by atoms with Crippen LogP contribution < -0.4 is 4.90 Å². The number of carbonyl (C=O) groups is 2. The molecule has 1 aromatic rings. The van der Waals surface area contributed by atoms with Crippen LogP contribution in [-0.4, -0.2) is 25.7 Å². The van der Waals surface area contributed by atoms with Gasteiger partial charge in [0.05, 0.1) is 0 Å². The highest BCUT2D eigenvalue weighted by Gasteiger charge is 2.54. The summed E-state index contributed by atoms with van der Waals surface area (Å²) in [6.45, 7) is 4.08. The second-order valence-electron chi connectivity index (χ2n) is 10.4. The first-order valence-corrected chi connectivity index (χ1v) is 11.7. The molecule has 31 heavy (non-hydrogen) atoms. The molecule has 0 amide bonds. The Morgan fingerprint density at radius 3 is 2.52 bits per heavy atom. The van der Waals surface area contributed by atoms with Crippen molar-refractivity contribution in [2.24, 2.45) is 17.3 Å². The molecule has 0 saturated heterocycles. The molecule has 0 aliphatic heterocycles. The molecule has 1 saturated carbocycles. The Balaban J connectivity index is 1.66. The minimum Gasteiger partial charge on any atom is -0.378 e. The average molecular weight is 416 g/mol. The van der Waals surface area contributed by atoms with Gasteiger partial charge in [-0.1, -0.05) is 30.7 Å². The summed E-state index contributed by atoms with van der Waals surface area (Å²) in [4.78, 5) is 26.8. The minimum atomic E-state index is -0.0584. The smallest absolute Gasteiger partial charge is 0.156 e. The molecule has 0 unspecified atom stereocenters. The van der Waals surface area contributed by atoms with Crippen molar-refractivity contribution >= 4 is 17.3 Å². The lowest BCUT2D eigenvalue weighted by Gasteiger charge is -2.52. The molecule has 1 fully saturated rings. The highest BCUT2D eigenvalue weighted by molar-refractivity contribution is 5.95. The van der Waals surface area contributed by atoms with Crippen LogP contribution >= 0.6 is 0 Å². The Hall–Kier alpha value is -2.42. The molecular weight excluding hydrogens is 382 g/mol. The van der Waals surface area contributed by atoms with Crippen LogP contribution in [0.4, 0.5) is 5.69 Å². The first-order valence-electron chi connectivity index (χ1n) is 11.7. The van der Waals surface area contributed by atoms with E-state index in [1.807, 2.05) is 6.08 Å². The molecule has 4 aliphatic carbocycles. The van der Waals surface area contributed by atoms with E-state index in [-0.39, 0.29) is 17.0 Å². The van der Waals surface area contributed by atoms with Crippen LogP contribution in [-0.2, 0) is 9.59 Å². The number of hydrogen-bond donors (Lipinski definition) is 0. The van der Waals surface area contributed by atoms with E-state index < -0.39 is 0 Å². The van der Waals surface area contributed by atoms with Gasteiger partial charge >= 0.3 is 0 Å². The molecule has 0 spiro atoms. The van der Waals surface area contributed by atoms with Gasteiger partial charge in [-0.2, -0.15) is 0 Å². The topological polar surface area (TPSA) is 37.4 Å². The maximum absolute atomic E-state index is 12.6. The van der Waals surface area contributed by atoms with Crippen LogP contribution in [0.3, 0.4) is 0 Å². The number of ketones is 2. The number of nitrogens with zero attached hydrogens (tertiary/aromatic N) is 1. The second kappa shape index (κ2) is 7.32. The van der Waals surface area contributed by atoms with E-state index in [1.54, 1.807) is 12.5 Å². The Morgan fingerprint density at radius 2 is 1.84 bits per heavy atom. The van der Waals surface area contributed by atoms with Gasteiger partial charge in [-0.05, 0) is 91.4 Å². The van der Waals surface area contributed by atoms with Crippen LogP contribution in [0.25, 0.3) is 0 Å². The van der Waals surface area contributed by atoms with E-state index in [0.29, 0.717) is 24.2 Å². The molecule has 0 bridgehead atoms. The Bertz CT molecular complexity index is 1040. The number of carbonyl (C=O) groups excluding carboxylic acids is 2. The van der Waals surface area contributed by atoms with Crippen molar-refractivity contribution in [2.75, 3.05) is 19.0 Å². The van der Waals surface area contributed by atoms with Crippen LogP contribution in [0.1, 0.15) is 63.9 Å². The molecule has 0 N–H and O–H groups in total. The first kappa shape index (κ1) is 20.5. The number of rotatable bonds is 3. The Labute approximate surface area is 185 Å². The van der Waals surface area contributed by atoms with E-state index >= 15 is 0 Å². The number of Topliss-reactive ketones (excluding diaryl/α,β-unsaturated/α-hetero) is 1. The van der Waals surface area contributed by atoms with E-state index in [2.05, 4.69) is 56.3 Å². The van der Waals surface area contributed by atoms with E-state index in [1.165, 1.54) is 22.4 Å². The van der Waals surface area contributed by atoms with Crippen molar-refractivity contribution in [3.8, 4) is 0 Å². The molecule has 4 atom stereocenters. The summed E-state index contributed by atoms with van der Waals surface area (Å²) in [7, 11) is 4.14. The fourth-order valence-electron chi connectivity index (χ4n) is 7.08. The largest absolute Gasteiger partial charge is 0.378 e. The van der Waals surface area contributed by atoms with E-state index in [4.69, 9.17) is 0 Å². The van der Waals surface area contributed by atoms with Gasteiger partial charge in [0, 0.05) is 37.5 Å². The predicted octanol–water partition coefficient (Wildman–Crippen LogP) is 5.78. The number of hydrogen-bond acceptors (Lipinski definition) is 3. The number of benzene rings is 1. The molecule has 4 aliphatic rings. The molecule has 1 aromatic carbocycles. The van der Waals surface area contributed by atoms with Crippen molar-refractivity contribution in [1.82, 2.24) is 0 Å². The van der Waals surface area contributed by atoms with Gasteiger partial charge in [0.1, 0.15) is 0 Å². The molecule has 162 valence electrons. The van der Waals surface area contributed by atoms with Crippen LogP contribution in [0.2, 0.25) is 0 Å². The molecule has 3 nitrogen and oxygen atoms in total. The standard InChI is InChI=1S/C28H33NO2/c1-17(30)25-13-14-26-23-11-7-19-15-21(31)10-12-22(19)27(23)24(16-28(25,26)2)18-5-8-20(9-6-18)29(3)4/h5-6,8-9,13,15,23-24,26H,7,10-12,14,16H2,1-4H3/t23-,24+,26-,28+/m0/s1. The molecular formula is C28H33NO2. The minimum absolute atomic E-state index is 0.0584. The summed E-state index contributed by atoms with van der Waals surface area (Å²) in [5, 5.41) is 0. The van der Waals surface area contributed by atoms with Gasteiger partial charge in [0.25, 0.3) is 0 Å². The third-order valence-corrected chi connectivity index (χ3v) is 8.51. The van der Waals surface area contributed by atoms with Gasteiger partial charge in [0.15, 0.2) is 11.6 Å². The molecule has 0 radical (unpaired) electrons. The zero-order valence-electron chi connectivity index (χ0n) is 19.2. The first-order chi connectivity index (χ1) is 14.8. The number of fused-ring (bicyclic) bond motifs is 4. The number of anilines is 1. The van der Waals surface area contributed by atoms with Gasteiger partial charge in [-0.25, -0.2) is 0 Å². The van der Waals surface area contributed by atoms with Crippen LogP contribution in [0.15, 0.2) is 58.7 Å². The molecule has 5 rings (SSSR count). The fraction of sp³-hybridized carbons (Fsp3) is 0.500. The summed E-state index contributed by atoms with van der Waals surface area (Å²) in [5.41, 5.74) is 7.90. The van der Waals surface area contributed by atoms with E-state index in [9.17, 15) is 9.59 Å². The Morgan fingerprint density at radius 1 is 1.10 bits per heavy atom. The van der Waals surface area contributed by atoms with Gasteiger partial charge in [-0.3, -0.25) is 9.59 Å². The average Bonchev–Trinajstić information content (AvgIpc) is 3.10. The maximum atomic E-state index is 12.6. The zero-order chi connectivity index (χ0) is 21.9. The summed E-state index contributed by atoms with van der Waals surface area (Å²) in [5.74, 6) is 1.85. The number of allylic oxidation sites excluding steroid dienone is 6. The second-order valence-corrected chi connectivity index (χ2v) is 10.4. The van der Waals surface area contributed by atoms with Crippen molar-refractivity contribution in [1.29, 1.82) is 0 Å². The highest BCUT2D eigenvalue weighted by atomic mass is 16.1. The quantitative estimate of drug-likeness (QED) is 0.628. The summed E-state index contributed by atoms with van der Waals surface area (Å²) in [6, 6.07) is 8.99. The lowest BCUT2D eigenvalue weighted by Crippen LogP contribution is -2.43. The van der Waals surface area contributed by atoms with Gasteiger partial charge < -0.3 is 4.90 Å². The van der Waals surface area contributed by atoms with Crippen molar-refractivity contribution in [3.63, 3.8) is 0 Å². The third kappa shape index (κ3) is 3.16.